The van der Waals surface area contributed by atoms with Gasteiger partial charge in [-0.15, -0.1) is 0 Å². The molecule has 0 radical (unpaired) electrons. The molecule has 3 saturated carbocycles. The van der Waals surface area contributed by atoms with Gasteiger partial charge in [0.05, 0.1) is 0 Å². The molecule has 2 heteroatoms. The van der Waals surface area contributed by atoms with E-state index in [4.69, 9.17) is 4.74 Å². The van der Waals surface area contributed by atoms with Gasteiger partial charge in [0, 0.05) is 11.8 Å². The fraction of sp³-hybridized carbons (Fsp3) is 0.864. The van der Waals surface area contributed by atoms with E-state index in [0.717, 1.165) is 24.2 Å². The van der Waals surface area contributed by atoms with Gasteiger partial charge in [0.15, 0.2) is 0 Å². The zero-order valence-corrected chi connectivity index (χ0v) is 15.8. The Morgan fingerprint density at radius 2 is 2.00 bits per heavy atom. The second-order valence-electron chi connectivity index (χ2n) is 9.41. The van der Waals surface area contributed by atoms with Crippen LogP contribution >= 0.6 is 0 Å². The minimum atomic E-state index is -0.00268. The monoisotopic (exact) mass is 330 g/mol. The number of rotatable bonds is 2. The van der Waals surface area contributed by atoms with Gasteiger partial charge in [0.2, 0.25) is 0 Å². The molecule has 0 aliphatic heterocycles. The van der Waals surface area contributed by atoms with E-state index in [1.54, 1.807) is 5.57 Å². The van der Waals surface area contributed by atoms with Crippen LogP contribution in [0.15, 0.2) is 11.6 Å². The molecule has 24 heavy (non-hydrogen) atoms. The number of carbonyl (C=O) groups excluding carboxylic acids is 1. The third-order valence-corrected chi connectivity index (χ3v) is 8.50. The van der Waals surface area contributed by atoms with E-state index in [-0.39, 0.29) is 17.5 Å². The summed E-state index contributed by atoms with van der Waals surface area (Å²) in [5.41, 5.74) is 2.49. The number of hydrogen-bond donors (Lipinski definition) is 0. The molecule has 0 heterocycles. The van der Waals surface area contributed by atoms with Crippen molar-refractivity contribution in [1.29, 1.82) is 0 Å². The van der Waals surface area contributed by atoms with Crippen LogP contribution in [0, 0.1) is 28.6 Å². The molecule has 4 aliphatic rings. The molecular weight excluding hydrogens is 296 g/mol. The number of fused-ring (bicyclic) bond motifs is 5. The van der Waals surface area contributed by atoms with Crippen molar-refractivity contribution in [2.45, 2.75) is 91.1 Å². The summed E-state index contributed by atoms with van der Waals surface area (Å²) in [5, 5.41) is 0. The fourth-order valence-corrected chi connectivity index (χ4v) is 7.14. The van der Waals surface area contributed by atoms with E-state index < -0.39 is 0 Å². The van der Waals surface area contributed by atoms with E-state index in [0.29, 0.717) is 11.8 Å². The summed E-state index contributed by atoms with van der Waals surface area (Å²) in [5.74, 6) is 2.49. The van der Waals surface area contributed by atoms with E-state index >= 15 is 0 Å². The lowest BCUT2D eigenvalue weighted by Gasteiger charge is -2.58. The predicted molar refractivity (Wildman–Crippen MR) is 96.5 cm³/mol. The average Bonchev–Trinajstić information content (AvgIpc) is 2.91. The Morgan fingerprint density at radius 3 is 2.79 bits per heavy atom. The van der Waals surface area contributed by atoms with E-state index in [2.05, 4.69) is 19.9 Å². The zero-order valence-electron chi connectivity index (χ0n) is 15.8. The van der Waals surface area contributed by atoms with Crippen LogP contribution in [0.1, 0.15) is 85.0 Å². The summed E-state index contributed by atoms with van der Waals surface area (Å²) in [4.78, 5) is 11.9. The number of hydrogen-bond acceptors (Lipinski definition) is 2. The Kier molecular flexibility index (Phi) is 4.09. The molecule has 0 spiro atoms. The molecule has 0 aromatic heterocycles. The molecule has 0 saturated heterocycles. The molecule has 0 bridgehead atoms. The van der Waals surface area contributed by atoms with Crippen molar-refractivity contribution in [2.24, 2.45) is 28.6 Å². The van der Waals surface area contributed by atoms with Gasteiger partial charge in [-0.1, -0.05) is 32.4 Å². The molecule has 2 nitrogen and oxygen atoms in total. The second-order valence-corrected chi connectivity index (χ2v) is 9.41. The molecule has 0 aromatic rings. The summed E-state index contributed by atoms with van der Waals surface area (Å²) < 4.78 is 5.89. The number of allylic oxidation sites excluding steroid dienone is 2. The van der Waals surface area contributed by atoms with Crippen molar-refractivity contribution in [3.05, 3.63) is 11.6 Å². The highest BCUT2D eigenvalue weighted by Crippen LogP contribution is 2.65. The van der Waals surface area contributed by atoms with E-state index in [1.165, 1.54) is 51.4 Å². The standard InChI is InChI=1S/C22H34O2/c1-4-20(23)24-19-11-10-17-16-9-8-15-7-5-6-13-21(15,2)18(16)12-14-22(17,19)3/h7,16-19H,4-6,8-14H2,1-3H3/t16-,17-,18+,19?,21-,22-/m0/s1. The normalized spacial score (nSPS) is 47.2. The third-order valence-electron chi connectivity index (χ3n) is 8.50. The van der Waals surface area contributed by atoms with Gasteiger partial charge in [0.25, 0.3) is 0 Å². The number of carbonyl (C=O) groups is 1. The summed E-state index contributed by atoms with van der Waals surface area (Å²) in [6.45, 7) is 6.91. The van der Waals surface area contributed by atoms with Crippen LogP contribution in [0.2, 0.25) is 0 Å². The smallest absolute Gasteiger partial charge is 0.305 e. The van der Waals surface area contributed by atoms with Crippen LogP contribution in [0.5, 0.6) is 0 Å². The summed E-state index contributed by atoms with van der Waals surface area (Å²) in [6.07, 6.45) is 15.0. The van der Waals surface area contributed by atoms with Crippen LogP contribution in [0.3, 0.4) is 0 Å². The maximum Gasteiger partial charge on any atom is 0.305 e. The highest BCUT2D eigenvalue weighted by Gasteiger charge is 2.59. The van der Waals surface area contributed by atoms with Crippen LogP contribution < -0.4 is 0 Å². The van der Waals surface area contributed by atoms with Gasteiger partial charge in [-0.2, -0.15) is 0 Å². The molecule has 4 aliphatic carbocycles. The van der Waals surface area contributed by atoms with E-state index in [1.807, 2.05) is 6.92 Å². The van der Waals surface area contributed by atoms with Gasteiger partial charge in [0.1, 0.15) is 6.10 Å². The fourth-order valence-electron chi connectivity index (χ4n) is 7.14. The highest BCUT2D eigenvalue weighted by atomic mass is 16.5. The van der Waals surface area contributed by atoms with Crippen LogP contribution in [-0.4, -0.2) is 12.1 Å². The van der Waals surface area contributed by atoms with Gasteiger partial charge in [-0.25, -0.2) is 0 Å². The summed E-state index contributed by atoms with van der Waals surface area (Å²) >= 11 is 0. The van der Waals surface area contributed by atoms with Crippen molar-refractivity contribution in [3.63, 3.8) is 0 Å². The lowest BCUT2D eigenvalue weighted by molar-refractivity contribution is -0.159. The van der Waals surface area contributed by atoms with Crippen molar-refractivity contribution < 1.29 is 9.53 Å². The molecule has 6 atom stereocenters. The first kappa shape index (κ1) is 16.7. The van der Waals surface area contributed by atoms with Crippen LogP contribution in [-0.2, 0) is 9.53 Å². The van der Waals surface area contributed by atoms with Gasteiger partial charge < -0.3 is 4.74 Å². The van der Waals surface area contributed by atoms with Crippen LogP contribution in [0.4, 0.5) is 0 Å². The lowest BCUT2D eigenvalue weighted by Crippen LogP contribution is -2.51. The van der Waals surface area contributed by atoms with Crippen molar-refractivity contribution in [1.82, 2.24) is 0 Å². The van der Waals surface area contributed by atoms with Gasteiger partial charge >= 0.3 is 5.97 Å². The summed E-state index contributed by atoms with van der Waals surface area (Å²) in [6, 6.07) is 0. The zero-order chi connectivity index (χ0) is 16.9. The third kappa shape index (κ3) is 2.31. The predicted octanol–water partition coefficient (Wildman–Crippen LogP) is 5.66. The molecule has 0 aromatic carbocycles. The Morgan fingerprint density at radius 1 is 1.17 bits per heavy atom. The largest absolute Gasteiger partial charge is 0.462 e. The maximum atomic E-state index is 11.9. The van der Waals surface area contributed by atoms with Crippen molar-refractivity contribution >= 4 is 5.97 Å². The summed E-state index contributed by atoms with van der Waals surface area (Å²) in [7, 11) is 0. The quantitative estimate of drug-likeness (QED) is 0.482. The second kappa shape index (κ2) is 5.88. The van der Waals surface area contributed by atoms with Crippen molar-refractivity contribution in [3.8, 4) is 0 Å². The SMILES string of the molecule is CCC(=O)OC1CC[C@H]2[C@@H]3CCC4=CCCC[C@]4(C)[C@@H]3CC[C@]12C. The number of esters is 1. The van der Waals surface area contributed by atoms with E-state index in [9.17, 15) is 4.79 Å². The molecular formula is C22H34O2. The molecule has 134 valence electrons. The first-order chi connectivity index (χ1) is 11.5. The first-order valence-corrected chi connectivity index (χ1v) is 10.4. The molecule has 1 unspecified atom stereocenters. The maximum absolute atomic E-state index is 11.9. The minimum Gasteiger partial charge on any atom is -0.462 e. The Balaban J connectivity index is 1.58. The highest BCUT2D eigenvalue weighted by molar-refractivity contribution is 5.69. The topological polar surface area (TPSA) is 26.3 Å². The first-order valence-electron chi connectivity index (χ1n) is 10.4. The van der Waals surface area contributed by atoms with Crippen LogP contribution in [0.25, 0.3) is 0 Å². The lowest BCUT2D eigenvalue weighted by atomic mass is 9.47. The number of ether oxygens (including phenoxy) is 1. The Labute approximate surface area is 147 Å². The molecule has 0 amide bonds. The average molecular weight is 331 g/mol. The minimum absolute atomic E-state index is 0.00268. The Hall–Kier alpha value is -0.790. The Bertz CT molecular complexity index is 550. The van der Waals surface area contributed by atoms with Crippen molar-refractivity contribution in [2.75, 3.05) is 0 Å². The molecule has 0 N–H and O–H groups in total. The van der Waals surface area contributed by atoms with Gasteiger partial charge in [-0.3, -0.25) is 4.79 Å². The molecule has 3 fully saturated rings. The molecule has 4 rings (SSSR count). The van der Waals surface area contributed by atoms with Gasteiger partial charge in [-0.05, 0) is 81.0 Å².